The Labute approximate surface area is 152 Å². The zero-order valence-corrected chi connectivity index (χ0v) is 14.6. The van der Waals surface area contributed by atoms with Crippen molar-refractivity contribution in [3.8, 4) is 0 Å². The maximum absolute atomic E-state index is 13.7. The molecular formula is C21H22F2N2O. The summed E-state index contributed by atoms with van der Waals surface area (Å²) in [4.78, 5) is 14.8. The summed E-state index contributed by atoms with van der Waals surface area (Å²) in [7, 11) is 0. The van der Waals surface area contributed by atoms with Gasteiger partial charge < -0.3 is 5.32 Å². The van der Waals surface area contributed by atoms with E-state index in [0.717, 1.165) is 12.6 Å². The number of benzene rings is 2. The number of rotatable bonds is 3. The second-order valence-corrected chi connectivity index (χ2v) is 7.17. The maximum Gasteiger partial charge on any atom is 0.258 e. The first kappa shape index (κ1) is 17.2. The number of hydrogen-bond acceptors (Lipinski definition) is 2. The van der Waals surface area contributed by atoms with Crippen LogP contribution >= 0.6 is 0 Å². The van der Waals surface area contributed by atoms with E-state index in [1.165, 1.54) is 49.9 Å². The average Bonchev–Trinajstić information content (AvgIpc) is 3.09. The Morgan fingerprint density at radius 3 is 2.62 bits per heavy atom. The molecule has 2 aromatic carbocycles. The summed E-state index contributed by atoms with van der Waals surface area (Å²) in [5, 5.41) is 2.64. The first-order valence-corrected chi connectivity index (χ1v) is 9.23. The summed E-state index contributed by atoms with van der Waals surface area (Å²) in [5.41, 5.74) is 1.58. The van der Waals surface area contributed by atoms with Crippen LogP contribution in [-0.2, 0) is 0 Å². The molecule has 2 aliphatic rings. The van der Waals surface area contributed by atoms with Crippen molar-refractivity contribution >= 4 is 11.6 Å². The summed E-state index contributed by atoms with van der Waals surface area (Å²) < 4.78 is 27.0. The van der Waals surface area contributed by atoms with Gasteiger partial charge in [-0.15, -0.1) is 0 Å². The smallest absolute Gasteiger partial charge is 0.258 e. The van der Waals surface area contributed by atoms with Crippen LogP contribution in [0.25, 0.3) is 0 Å². The van der Waals surface area contributed by atoms with Gasteiger partial charge in [-0.1, -0.05) is 24.6 Å². The molecule has 0 radical (unpaired) electrons. The first-order chi connectivity index (χ1) is 12.6. The molecule has 2 saturated heterocycles. The van der Waals surface area contributed by atoms with Crippen LogP contribution in [0.1, 0.15) is 47.5 Å². The van der Waals surface area contributed by atoms with Gasteiger partial charge in [-0.2, -0.15) is 0 Å². The second-order valence-electron chi connectivity index (χ2n) is 7.17. The van der Waals surface area contributed by atoms with Crippen molar-refractivity contribution in [2.75, 3.05) is 18.4 Å². The molecule has 0 aromatic heterocycles. The van der Waals surface area contributed by atoms with E-state index in [9.17, 15) is 13.6 Å². The van der Waals surface area contributed by atoms with E-state index in [2.05, 4.69) is 10.2 Å². The van der Waals surface area contributed by atoms with Gasteiger partial charge in [0.05, 0.1) is 5.56 Å². The van der Waals surface area contributed by atoms with Crippen molar-refractivity contribution in [3.63, 3.8) is 0 Å². The monoisotopic (exact) mass is 356 g/mol. The topological polar surface area (TPSA) is 32.3 Å². The number of nitrogens with zero attached hydrogens (tertiary/aromatic N) is 1. The number of halogens is 2. The fraction of sp³-hybridized carbons (Fsp3) is 0.381. The Bertz CT molecular complexity index is 806. The fourth-order valence-corrected chi connectivity index (χ4v) is 4.33. The van der Waals surface area contributed by atoms with Gasteiger partial charge in [-0.25, -0.2) is 8.78 Å². The van der Waals surface area contributed by atoms with Gasteiger partial charge in [-0.05, 0) is 62.2 Å². The molecule has 1 N–H and O–H groups in total. The van der Waals surface area contributed by atoms with E-state index in [4.69, 9.17) is 0 Å². The first-order valence-electron chi connectivity index (χ1n) is 9.23. The van der Waals surface area contributed by atoms with Gasteiger partial charge in [0.25, 0.3) is 5.91 Å². The summed E-state index contributed by atoms with van der Waals surface area (Å²) >= 11 is 0. The number of hydrogen-bond donors (Lipinski definition) is 1. The van der Waals surface area contributed by atoms with Crippen LogP contribution in [0.3, 0.4) is 0 Å². The maximum atomic E-state index is 13.7. The predicted octanol–water partition coefficient (Wildman–Crippen LogP) is 4.56. The van der Waals surface area contributed by atoms with Crippen LogP contribution in [0, 0.1) is 11.6 Å². The number of piperidine rings is 1. The van der Waals surface area contributed by atoms with Crippen molar-refractivity contribution in [3.05, 3.63) is 65.2 Å². The Hall–Kier alpha value is -2.27. The van der Waals surface area contributed by atoms with E-state index in [0.29, 0.717) is 17.6 Å². The summed E-state index contributed by atoms with van der Waals surface area (Å²) in [5.74, 6) is -2.24. The molecule has 0 aliphatic carbocycles. The van der Waals surface area contributed by atoms with Gasteiger partial charge in [0.2, 0.25) is 0 Å². The minimum atomic E-state index is -1.12. The lowest BCUT2D eigenvalue weighted by atomic mass is 9.87. The number of fused-ring (bicyclic) bond motifs is 1. The Kier molecular flexibility index (Phi) is 4.72. The summed E-state index contributed by atoms with van der Waals surface area (Å²) in [6.45, 7) is 2.36. The minimum Gasteiger partial charge on any atom is -0.322 e. The van der Waals surface area contributed by atoms with Crippen LogP contribution in [0.15, 0.2) is 42.5 Å². The number of nitrogens with one attached hydrogen (secondary N) is 1. The van der Waals surface area contributed by atoms with E-state index >= 15 is 0 Å². The molecule has 3 nitrogen and oxygen atoms in total. The largest absolute Gasteiger partial charge is 0.322 e. The number of carbonyl (C=O) groups excluding carboxylic acids is 1. The lowest BCUT2D eigenvalue weighted by Crippen LogP contribution is -2.36. The van der Waals surface area contributed by atoms with Gasteiger partial charge in [0.15, 0.2) is 11.6 Å². The highest BCUT2D eigenvalue weighted by Crippen LogP contribution is 2.38. The lowest BCUT2D eigenvalue weighted by Gasteiger charge is -2.32. The highest BCUT2D eigenvalue weighted by Gasteiger charge is 2.36. The van der Waals surface area contributed by atoms with Crippen LogP contribution in [0.5, 0.6) is 0 Å². The van der Waals surface area contributed by atoms with Crippen LogP contribution < -0.4 is 5.32 Å². The minimum absolute atomic E-state index is 0.289. The SMILES string of the molecule is O=C(Nc1ccc(C2CCN3CCCCC23)cc1)c1cccc(F)c1F. The molecule has 2 heterocycles. The molecule has 2 fully saturated rings. The van der Waals surface area contributed by atoms with Crippen LogP contribution in [-0.4, -0.2) is 29.9 Å². The molecule has 0 saturated carbocycles. The summed E-state index contributed by atoms with van der Waals surface area (Å²) in [6.07, 6.45) is 5.02. The molecule has 2 aliphatic heterocycles. The van der Waals surface area contributed by atoms with Crippen LogP contribution in [0.4, 0.5) is 14.5 Å². The molecule has 5 heteroatoms. The molecule has 2 unspecified atom stereocenters. The van der Waals surface area contributed by atoms with Gasteiger partial charge in [-0.3, -0.25) is 9.69 Å². The van der Waals surface area contributed by atoms with E-state index in [1.807, 2.05) is 24.3 Å². The highest BCUT2D eigenvalue weighted by molar-refractivity contribution is 6.04. The molecule has 2 aromatic rings. The van der Waals surface area contributed by atoms with E-state index in [1.54, 1.807) is 0 Å². The Balaban J connectivity index is 1.46. The highest BCUT2D eigenvalue weighted by atomic mass is 19.2. The standard InChI is InChI=1S/C21H22F2N2O/c22-18-5-3-4-17(20(18)23)21(26)24-15-9-7-14(8-10-15)16-11-13-25-12-2-1-6-19(16)25/h3-5,7-10,16,19H,1-2,6,11-13H2,(H,24,26). The molecular weight excluding hydrogens is 334 g/mol. The normalized spacial score (nSPS) is 22.8. The van der Waals surface area contributed by atoms with Crippen molar-refractivity contribution in [1.82, 2.24) is 4.90 Å². The molecule has 136 valence electrons. The zero-order chi connectivity index (χ0) is 18.1. The molecule has 4 rings (SSSR count). The number of carbonyl (C=O) groups is 1. The molecule has 2 atom stereocenters. The van der Waals surface area contributed by atoms with Gasteiger partial charge >= 0.3 is 0 Å². The number of amides is 1. The van der Waals surface area contributed by atoms with Crippen molar-refractivity contribution < 1.29 is 13.6 Å². The quantitative estimate of drug-likeness (QED) is 0.874. The van der Waals surface area contributed by atoms with Crippen molar-refractivity contribution in [2.24, 2.45) is 0 Å². The third-order valence-corrected chi connectivity index (χ3v) is 5.65. The molecule has 26 heavy (non-hydrogen) atoms. The lowest BCUT2D eigenvalue weighted by molar-refractivity contribution is 0.102. The van der Waals surface area contributed by atoms with Crippen molar-refractivity contribution in [1.29, 1.82) is 0 Å². The second kappa shape index (κ2) is 7.16. The summed E-state index contributed by atoms with van der Waals surface area (Å²) in [6, 6.07) is 12.0. The third-order valence-electron chi connectivity index (χ3n) is 5.65. The van der Waals surface area contributed by atoms with Crippen LogP contribution in [0.2, 0.25) is 0 Å². The zero-order valence-electron chi connectivity index (χ0n) is 14.6. The van der Waals surface area contributed by atoms with Gasteiger partial charge in [0, 0.05) is 17.6 Å². The molecule has 1 amide bonds. The predicted molar refractivity (Wildman–Crippen MR) is 97.3 cm³/mol. The van der Waals surface area contributed by atoms with Crippen molar-refractivity contribution in [2.45, 2.75) is 37.6 Å². The third kappa shape index (κ3) is 3.23. The Morgan fingerprint density at radius 2 is 1.81 bits per heavy atom. The molecule has 0 bridgehead atoms. The fourth-order valence-electron chi connectivity index (χ4n) is 4.33. The van der Waals surface area contributed by atoms with E-state index in [-0.39, 0.29) is 5.56 Å². The van der Waals surface area contributed by atoms with E-state index < -0.39 is 17.5 Å². The number of anilines is 1. The molecule has 0 spiro atoms. The Morgan fingerprint density at radius 1 is 1.00 bits per heavy atom. The average molecular weight is 356 g/mol. The van der Waals surface area contributed by atoms with Gasteiger partial charge in [0.1, 0.15) is 0 Å².